The Morgan fingerprint density at radius 2 is 2.10 bits per heavy atom. The van der Waals surface area contributed by atoms with Gasteiger partial charge in [0, 0.05) is 41.4 Å². The van der Waals surface area contributed by atoms with E-state index in [-0.39, 0.29) is 61.0 Å². The lowest BCUT2D eigenvalue weighted by Crippen LogP contribution is -2.38. The number of alkyl halides is 3. The van der Waals surface area contributed by atoms with Crippen molar-refractivity contribution in [3.63, 3.8) is 0 Å². The second kappa shape index (κ2) is 10.2. The summed E-state index contributed by atoms with van der Waals surface area (Å²) in [5.74, 6) is -2.44. The van der Waals surface area contributed by atoms with E-state index < -0.39 is 42.0 Å². The van der Waals surface area contributed by atoms with Gasteiger partial charge in [-0.25, -0.2) is 32.9 Å². The molecular weight excluding hydrogens is 597 g/mol. The summed E-state index contributed by atoms with van der Waals surface area (Å²) in [4.78, 5) is 26.1. The zero-order valence-electron chi connectivity index (χ0n) is 21.2. The number of anilines is 1. The molecule has 0 spiro atoms. The minimum Gasteiger partial charge on any atom is -0.480 e. The summed E-state index contributed by atoms with van der Waals surface area (Å²) in [5.41, 5.74) is -0.868. The van der Waals surface area contributed by atoms with Gasteiger partial charge in [0.1, 0.15) is 28.9 Å². The first kappa shape index (κ1) is 26.8. The van der Waals surface area contributed by atoms with E-state index in [4.69, 9.17) is 13.9 Å². The Hall–Kier alpha value is -3.45. The highest BCUT2D eigenvalue weighted by atomic mass is 79.9. The molecule has 2 aliphatic rings. The standard InChI is InChI=1S/C27H24BrF3N4O5/c1-13-12-38-7-6-27(13,31)17-8-14(28)10-32-25(17)39-15-9-18(26(36)37)35(11-15)24-21-20(33-23(34-24)22(29)30)16-4-2-3-5-19(16)40-21/h2-5,8,10,13,15,18,22H,6-7,9,11-12H2,1H3,(H,36,37)/t13-,15-,18-,27+/m0/s1. The number of pyridine rings is 1. The SMILES string of the molecule is C[C@H]1COCC[C@]1(F)c1cc(Br)cnc1O[C@H]1C[C@@H](C(=O)O)N(c2nc(C(F)F)nc3c2oc2ccccc23)C1. The number of hydrogen-bond donors (Lipinski definition) is 1. The van der Waals surface area contributed by atoms with Crippen LogP contribution < -0.4 is 9.64 Å². The Labute approximate surface area is 234 Å². The van der Waals surface area contributed by atoms with Crippen LogP contribution in [0.2, 0.25) is 0 Å². The molecule has 0 aliphatic carbocycles. The quantitative estimate of drug-likeness (QED) is 0.286. The molecule has 1 aromatic carbocycles. The zero-order valence-corrected chi connectivity index (χ0v) is 22.8. The van der Waals surface area contributed by atoms with Gasteiger partial charge in [-0.05, 0) is 34.1 Å². The first-order chi connectivity index (χ1) is 19.2. The summed E-state index contributed by atoms with van der Waals surface area (Å²) in [5, 5.41) is 10.6. The number of hydrogen-bond acceptors (Lipinski definition) is 8. The van der Waals surface area contributed by atoms with Crippen molar-refractivity contribution in [2.75, 3.05) is 24.7 Å². The third-order valence-electron chi connectivity index (χ3n) is 7.54. The highest BCUT2D eigenvalue weighted by Crippen LogP contribution is 2.45. The van der Waals surface area contributed by atoms with Crippen LogP contribution in [0.1, 0.15) is 37.6 Å². The summed E-state index contributed by atoms with van der Waals surface area (Å²) < 4.78 is 62.1. The lowest BCUT2D eigenvalue weighted by atomic mass is 9.81. The fourth-order valence-electron chi connectivity index (χ4n) is 5.47. The molecule has 0 amide bonds. The van der Waals surface area contributed by atoms with E-state index in [2.05, 4.69) is 30.9 Å². The first-order valence-corrected chi connectivity index (χ1v) is 13.5. The van der Waals surface area contributed by atoms with Gasteiger partial charge in [-0.15, -0.1) is 0 Å². The molecule has 2 saturated heterocycles. The number of carbonyl (C=O) groups is 1. The Morgan fingerprint density at radius 3 is 2.85 bits per heavy atom. The third kappa shape index (κ3) is 4.54. The fraction of sp³-hybridized carbons (Fsp3) is 0.407. The Balaban J connectivity index is 1.39. The molecule has 4 aromatic rings. The van der Waals surface area contributed by atoms with Crippen LogP contribution in [-0.4, -0.2) is 57.9 Å². The van der Waals surface area contributed by atoms with Crippen LogP contribution in [-0.2, 0) is 15.2 Å². The lowest BCUT2D eigenvalue weighted by Gasteiger charge is -2.36. The van der Waals surface area contributed by atoms with Crippen molar-refractivity contribution in [2.45, 2.75) is 44.0 Å². The summed E-state index contributed by atoms with van der Waals surface area (Å²) in [6.45, 7) is 2.17. The fourth-order valence-corrected chi connectivity index (χ4v) is 5.80. The molecule has 0 unspecified atom stereocenters. The van der Waals surface area contributed by atoms with Crippen LogP contribution in [0.25, 0.3) is 22.1 Å². The number of ether oxygens (including phenoxy) is 2. The molecule has 3 aromatic heterocycles. The Kier molecular flexibility index (Phi) is 6.81. The second-order valence-electron chi connectivity index (χ2n) is 10.1. The third-order valence-corrected chi connectivity index (χ3v) is 7.97. The van der Waals surface area contributed by atoms with Gasteiger partial charge >= 0.3 is 5.97 Å². The number of nitrogens with zero attached hydrogens (tertiary/aromatic N) is 4. The van der Waals surface area contributed by atoms with E-state index in [0.29, 0.717) is 15.4 Å². The normalized spacial score (nSPS) is 25.2. The van der Waals surface area contributed by atoms with Crippen molar-refractivity contribution in [2.24, 2.45) is 5.92 Å². The number of aromatic nitrogens is 3. The van der Waals surface area contributed by atoms with Crippen molar-refractivity contribution < 1.29 is 37.0 Å². The van der Waals surface area contributed by atoms with E-state index in [0.717, 1.165) is 0 Å². The van der Waals surface area contributed by atoms with Gasteiger partial charge in [0.05, 0.1) is 18.7 Å². The maximum absolute atomic E-state index is 16.3. The van der Waals surface area contributed by atoms with Gasteiger partial charge in [0.15, 0.2) is 17.2 Å². The lowest BCUT2D eigenvalue weighted by molar-refractivity contribution is -0.138. The van der Waals surface area contributed by atoms with Crippen molar-refractivity contribution in [1.29, 1.82) is 0 Å². The average molecular weight is 621 g/mol. The number of fused-ring (bicyclic) bond motifs is 3. The molecule has 2 aliphatic heterocycles. The maximum Gasteiger partial charge on any atom is 0.326 e. The highest BCUT2D eigenvalue weighted by molar-refractivity contribution is 9.10. The predicted octanol–water partition coefficient (Wildman–Crippen LogP) is 5.80. The zero-order chi connectivity index (χ0) is 28.2. The largest absolute Gasteiger partial charge is 0.480 e. The molecular formula is C27H24BrF3N4O5. The minimum atomic E-state index is -2.99. The average Bonchev–Trinajstić information content (AvgIpc) is 3.52. The van der Waals surface area contributed by atoms with Crippen molar-refractivity contribution in [3.05, 3.63) is 52.4 Å². The number of furan rings is 1. The number of rotatable bonds is 6. The van der Waals surface area contributed by atoms with Gasteiger partial charge in [-0.1, -0.05) is 19.1 Å². The molecule has 1 N–H and O–H groups in total. The number of halogens is 4. The van der Waals surface area contributed by atoms with Crippen molar-refractivity contribution in [3.8, 4) is 5.88 Å². The molecule has 40 heavy (non-hydrogen) atoms. The summed E-state index contributed by atoms with van der Waals surface area (Å²) in [6.07, 6.45) is -2.20. The molecule has 0 saturated carbocycles. The van der Waals surface area contributed by atoms with Crippen molar-refractivity contribution >= 4 is 49.8 Å². The number of carboxylic acid groups (broad SMARTS) is 1. The molecule has 0 bridgehead atoms. The van der Waals surface area contributed by atoms with Crippen LogP contribution in [0.15, 0.2) is 45.4 Å². The second-order valence-corrected chi connectivity index (χ2v) is 11.0. The number of carboxylic acids is 1. The molecule has 2 fully saturated rings. The number of aliphatic carboxylic acids is 1. The summed E-state index contributed by atoms with van der Waals surface area (Å²) in [6, 6.07) is 7.23. The van der Waals surface area contributed by atoms with Gasteiger partial charge in [-0.2, -0.15) is 0 Å². The maximum atomic E-state index is 16.3. The van der Waals surface area contributed by atoms with E-state index in [1.54, 1.807) is 37.3 Å². The van der Waals surface area contributed by atoms with Crippen molar-refractivity contribution in [1.82, 2.24) is 15.0 Å². The van der Waals surface area contributed by atoms with Crippen LogP contribution in [0.4, 0.5) is 19.0 Å². The molecule has 210 valence electrons. The molecule has 0 radical (unpaired) electrons. The molecule has 4 atom stereocenters. The van der Waals surface area contributed by atoms with E-state index >= 15 is 4.39 Å². The van der Waals surface area contributed by atoms with Gasteiger partial charge in [0.25, 0.3) is 6.43 Å². The molecule has 9 nitrogen and oxygen atoms in total. The minimum absolute atomic E-state index is 0.0276. The van der Waals surface area contributed by atoms with E-state index in [9.17, 15) is 18.7 Å². The first-order valence-electron chi connectivity index (χ1n) is 12.7. The van der Waals surface area contributed by atoms with Crippen LogP contribution >= 0.6 is 15.9 Å². The van der Waals surface area contributed by atoms with E-state index in [1.165, 1.54) is 11.1 Å². The molecule has 13 heteroatoms. The predicted molar refractivity (Wildman–Crippen MR) is 141 cm³/mol. The van der Waals surface area contributed by atoms with E-state index in [1.807, 2.05) is 0 Å². The van der Waals surface area contributed by atoms with Crippen LogP contribution in [0.5, 0.6) is 5.88 Å². The highest BCUT2D eigenvalue weighted by Gasteiger charge is 2.46. The topological polar surface area (TPSA) is 111 Å². The Morgan fingerprint density at radius 1 is 1.30 bits per heavy atom. The van der Waals surface area contributed by atoms with Gasteiger partial charge in [0.2, 0.25) is 5.88 Å². The van der Waals surface area contributed by atoms with Crippen LogP contribution in [0.3, 0.4) is 0 Å². The Bertz CT molecular complexity index is 1600. The van der Waals surface area contributed by atoms with Crippen LogP contribution in [0, 0.1) is 5.92 Å². The monoisotopic (exact) mass is 620 g/mol. The van der Waals surface area contributed by atoms with Gasteiger partial charge in [-0.3, -0.25) is 0 Å². The summed E-state index contributed by atoms with van der Waals surface area (Å²) >= 11 is 3.36. The smallest absolute Gasteiger partial charge is 0.326 e. The summed E-state index contributed by atoms with van der Waals surface area (Å²) in [7, 11) is 0. The molecule has 5 heterocycles. The van der Waals surface area contributed by atoms with Gasteiger partial charge < -0.3 is 23.9 Å². The number of para-hydroxylation sites is 1. The molecule has 6 rings (SSSR count). The number of benzene rings is 1.